The zero-order valence-electron chi connectivity index (χ0n) is 19.2. The van der Waals surface area contributed by atoms with Gasteiger partial charge in [-0.3, -0.25) is 4.79 Å². The molecule has 4 atom stereocenters. The predicted molar refractivity (Wildman–Crippen MR) is 124 cm³/mol. The highest BCUT2D eigenvalue weighted by atomic mass is 19.3. The average molecular weight is 455 g/mol. The van der Waals surface area contributed by atoms with Gasteiger partial charge in [-0.15, -0.1) is 0 Å². The van der Waals surface area contributed by atoms with Crippen molar-refractivity contribution in [3.8, 4) is 11.8 Å². The smallest absolute Gasteiger partial charge is 0.271 e. The first kappa shape index (κ1) is 23.9. The van der Waals surface area contributed by atoms with Gasteiger partial charge in [0.15, 0.2) is 5.78 Å². The summed E-state index contributed by atoms with van der Waals surface area (Å²) < 4.78 is 40.0. The molecule has 1 heterocycles. The van der Waals surface area contributed by atoms with Crippen LogP contribution in [-0.4, -0.2) is 30.5 Å². The first-order valence-electron chi connectivity index (χ1n) is 12.1. The van der Waals surface area contributed by atoms with E-state index in [-0.39, 0.29) is 47.1 Å². The van der Waals surface area contributed by atoms with Crippen LogP contribution in [0.2, 0.25) is 0 Å². The van der Waals surface area contributed by atoms with Crippen molar-refractivity contribution in [1.29, 1.82) is 0 Å². The van der Waals surface area contributed by atoms with E-state index in [4.69, 9.17) is 9.47 Å². The normalized spacial score (nSPS) is 30.0. The second-order valence-electron chi connectivity index (χ2n) is 9.28. The molecule has 3 nitrogen and oxygen atoms in total. The molecule has 1 aliphatic heterocycles. The van der Waals surface area contributed by atoms with Crippen LogP contribution in [0.25, 0.3) is 0 Å². The van der Waals surface area contributed by atoms with E-state index in [1.165, 1.54) is 0 Å². The van der Waals surface area contributed by atoms with Crippen LogP contribution in [0.5, 0.6) is 0 Å². The van der Waals surface area contributed by atoms with Gasteiger partial charge in [-0.1, -0.05) is 48.2 Å². The summed E-state index contributed by atoms with van der Waals surface area (Å²) in [6, 6.07) is 10.2. The van der Waals surface area contributed by atoms with E-state index in [9.17, 15) is 13.6 Å². The van der Waals surface area contributed by atoms with Gasteiger partial charge in [-0.2, -0.15) is 0 Å². The molecule has 0 amide bonds. The average Bonchev–Trinajstić information content (AvgIpc) is 3.18. The number of carbonyl (C=O) groups is 1. The Bertz CT molecular complexity index is 956. The summed E-state index contributed by atoms with van der Waals surface area (Å²) in [5.74, 6) is 4.67. The number of carbonyl (C=O) groups excluding carboxylic acids is 1. The lowest BCUT2D eigenvalue weighted by Gasteiger charge is -2.44. The van der Waals surface area contributed by atoms with E-state index >= 15 is 0 Å². The van der Waals surface area contributed by atoms with Crippen LogP contribution in [0.15, 0.2) is 53.6 Å². The number of ketones is 1. The molecule has 3 aliphatic rings. The quantitative estimate of drug-likeness (QED) is 0.470. The van der Waals surface area contributed by atoms with Crippen molar-refractivity contribution < 1.29 is 23.0 Å². The molecule has 33 heavy (non-hydrogen) atoms. The Kier molecular flexibility index (Phi) is 7.78. The molecular formula is C28H32F2O3. The van der Waals surface area contributed by atoms with Crippen LogP contribution in [0.4, 0.5) is 8.78 Å². The van der Waals surface area contributed by atoms with Crippen LogP contribution in [-0.2, 0) is 14.3 Å². The highest BCUT2D eigenvalue weighted by Gasteiger charge is 2.44. The molecule has 176 valence electrons. The van der Waals surface area contributed by atoms with Gasteiger partial charge in [-0.25, -0.2) is 8.78 Å². The number of halogens is 2. The van der Waals surface area contributed by atoms with E-state index in [1.807, 2.05) is 25.1 Å². The lowest BCUT2D eigenvalue weighted by atomic mass is 9.81. The molecule has 4 rings (SSSR count). The van der Waals surface area contributed by atoms with Crippen molar-refractivity contribution >= 4 is 5.78 Å². The fourth-order valence-electron chi connectivity index (χ4n) is 5.54. The van der Waals surface area contributed by atoms with Crippen molar-refractivity contribution in [2.24, 2.45) is 5.92 Å². The number of ether oxygens (including phenoxy) is 2. The monoisotopic (exact) mass is 454 g/mol. The fraction of sp³-hybridized carbons (Fsp3) is 0.536. The first-order valence-corrected chi connectivity index (χ1v) is 12.1. The SMILES string of the molecule is CCOC1CC(c2ccccc2)OC2(CCCC(C(=O)C3=C(C(F)F)C#CC=CC3)CC2)C1. The van der Waals surface area contributed by atoms with Gasteiger partial charge in [0.05, 0.1) is 23.4 Å². The molecule has 0 N–H and O–H groups in total. The molecule has 0 radical (unpaired) electrons. The molecule has 1 saturated carbocycles. The summed E-state index contributed by atoms with van der Waals surface area (Å²) >= 11 is 0. The number of hydrogen-bond acceptors (Lipinski definition) is 3. The first-order chi connectivity index (χ1) is 16.0. The molecule has 1 aromatic rings. The number of allylic oxidation sites excluding steroid dienone is 4. The van der Waals surface area contributed by atoms with Gasteiger partial charge in [0, 0.05) is 30.9 Å². The van der Waals surface area contributed by atoms with Gasteiger partial charge >= 0.3 is 0 Å². The summed E-state index contributed by atoms with van der Waals surface area (Å²) in [5, 5.41) is 0. The molecule has 1 spiro atoms. The molecule has 1 aromatic carbocycles. The predicted octanol–water partition coefficient (Wildman–Crippen LogP) is 6.36. The van der Waals surface area contributed by atoms with Crippen molar-refractivity contribution in [3.05, 3.63) is 59.2 Å². The summed E-state index contributed by atoms with van der Waals surface area (Å²) in [6.45, 7) is 2.67. The van der Waals surface area contributed by atoms with Crippen molar-refractivity contribution in [2.75, 3.05) is 6.61 Å². The summed E-state index contributed by atoms with van der Waals surface area (Å²) in [6.07, 6.45) is 6.17. The Balaban J connectivity index is 1.53. The van der Waals surface area contributed by atoms with Crippen LogP contribution < -0.4 is 0 Å². The lowest BCUT2D eigenvalue weighted by Crippen LogP contribution is -2.44. The fourth-order valence-corrected chi connectivity index (χ4v) is 5.54. The molecule has 1 saturated heterocycles. The third-order valence-corrected chi connectivity index (χ3v) is 7.12. The van der Waals surface area contributed by atoms with E-state index in [1.54, 1.807) is 12.2 Å². The number of alkyl halides is 2. The largest absolute Gasteiger partial charge is 0.378 e. The number of hydrogen-bond donors (Lipinski definition) is 0. The highest BCUT2D eigenvalue weighted by Crippen LogP contribution is 2.46. The van der Waals surface area contributed by atoms with Gasteiger partial charge in [-0.05, 0) is 57.1 Å². The number of Topliss-reactive ketones (excluding diaryl/α,β-unsaturated/α-hetero) is 1. The van der Waals surface area contributed by atoms with Gasteiger partial charge in [0.2, 0.25) is 0 Å². The molecule has 2 fully saturated rings. The Morgan fingerprint density at radius 2 is 2.06 bits per heavy atom. The minimum absolute atomic E-state index is 0.0424. The molecule has 0 aromatic heterocycles. The van der Waals surface area contributed by atoms with Crippen molar-refractivity contribution in [2.45, 2.75) is 82.5 Å². The highest BCUT2D eigenvalue weighted by molar-refractivity contribution is 5.99. The maximum Gasteiger partial charge on any atom is 0.271 e. The van der Waals surface area contributed by atoms with Gasteiger partial charge in [0.25, 0.3) is 6.43 Å². The summed E-state index contributed by atoms with van der Waals surface area (Å²) in [7, 11) is 0. The number of benzene rings is 1. The second-order valence-corrected chi connectivity index (χ2v) is 9.28. The van der Waals surface area contributed by atoms with Gasteiger partial charge < -0.3 is 9.47 Å². The van der Waals surface area contributed by atoms with E-state index in [0.29, 0.717) is 19.4 Å². The molecule has 4 unspecified atom stereocenters. The minimum atomic E-state index is -2.73. The zero-order chi connectivity index (χ0) is 23.3. The standard InChI is InChI=1S/C28H32F2O3/c1-2-32-22-18-25(20-10-5-3-6-11-20)33-28(19-22)16-9-12-21(15-17-28)26(31)23-13-7-4-8-14-24(23)27(29)30/h3-7,10-11,21-22,25,27H,2,9,12-13,15-19H2,1H3. The molecule has 2 aliphatic carbocycles. The Labute approximate surface area is 195 Å². The molecule has 5 heteroatoms. The van der Waals surface area contributed by atoms with Crippen LogP contribution in [0.1, 0.15) is 70.0 Å². The topological polar surface area (TPSA) is 35.5 Å². The van der Waals surface area contributed by atoms with E-state index in [2.05, 4.69) is 24.0 Å². The third kappa shape index (κ3) is 5.62. The summed E-state index contributed by atoms with van der Waals surface area (Å²) in [5.41, 5.74) is 0.676. The van der Waals surface area contributed by atoms with E-state index in [0.717, 1.165) is 37.7 Å². The zero-order valence-corrected chi connectivity index (χ0v) is 19.2. The van der Waals surface area contributed by atoms with Gasteiger partial charge in [0.1, 0.15) is 0 Å². The maximum atomic E-state index is 13.6. The second kappa shape index (κ2) is 10.8. The van der Waals surface area contributed by atoms with Crippen LogP contribution in [0.3, 0.4) is 0 Å². The van der Waals surface area contributed by atoms with E-state index < -0.39 is 6.43 Å². The maximum absolute atomic E-state index is 13.6. The lowest BCUT2D eigenvalue weighted by molar-refractivity contribution is -0.181. The third-order valence-electron chi connectivity index (χ3n) is 7.12. The molecular weight excluding hydrogens is 422 g/mol. The van der Waals surface area contributed by atoms with Crippen LogP contribution >= 0.6 is 0 Å². The molecule has 0 bridgehead atoms. The van der Waals surface area contributed by atoms with Crippen molar-refractivity contribution in [1.82, 2.24) is 0 Å². The Morgan fingerprint density at radius 1 is 1.24 bits per heavy atom. The Hall–Kier alpha value is -2.29. The van der Waals surface area contributed by atoms with Crippen molar-refractivity contribution in [3.63, 3.8) is 0 Å². The van der Waals surface area contributed by atoms with Crippen LogP contribution in [0, 0.1) is 17.8 Å². The summed E-state index contributed by atoms with van der Waals surface area (Å²) in [4.78, 5) is 13.3. The Morgan fingerprint density at radius 3 is 2.82 bits per heavy atom. The number of rotatable bonds is 6. The minimum Gasteiger partial charge on any atom is -0.378 e.